The Morgan fingerprint density at radius 1 is 0.976 bits per heavy atom. The van der Waals surface area contributed by atoms with Gasteiger partial charge in [-0.05, 0) is 113 Å². The van der Waals surface area contributed by atoms with Gasteiger partial charge in [0, 0.05) is 55.4 Å². The minimum Gasteiger partial charge on any atom is -0.343 e. The van der Waals surface area contributed by atoms with Crippen molar-refractivity contribution in [2.45, 2.75) is 59.3 Å². The van der Waals surface area contributed by atoms with Gasteiger partial charge in [0.15, 0.2) is 0 Å². The Balaban J connectivity index is 1.26. The number of rotatable bonds is 10. The van der Waals surface area contributed by atoms with Gasteiger partial charge in [0.05, 0.1) is 0 Å². The Labute approximate surface area is 255 Å². The quantitative estimate of drug-likeness (QED) is 0.368. The minimum atomic E-state index is -0.178. The van der Waals surface area contributed by atoms with Gasteiger partial charge in [0.2, 0.25) is 11.8 Å². The maximum Gasteiger partial charge on any atom is 0.319 e. The zero-order chi connectivity index (χ0) is 30.1. The number of carbonyl (C=O) groups excluding carboxylic acids is 3. The van der Waals surface area contributed by atoms with E-state index in [0.717, 1.165) is 62.3 Å². The van der Waals surface area contributed by atoms with Crippen molar-refractivity contribution >= 4 is 40.8 Å². The lowest BCUT2D eigenvalue weighted by atomic mass is 9.90. The van der Waals surface area contributed by atoms with E-state index in [1.54, 1.807) is 6.92 Å². The number of nitrogens with zero attached hydrogens (tertiary/aromatic N) is 3. The van der Waals surface area contributed by atoms with Crippen LogP contribution in [0.4, 0.5) is 16.2 Å². The number of piperidine rings is 2. The first-order valence-electron chi connectivity index (χ1n) is 15.4. The van der Waals surface area contributed by atoms with E-state index in [1.807, 2.05) is 54.0 Å². The number of likely N-dealkylation sites (tertiary alicyclic amines) is 2. The van der Waals surface area contributed by atoms with E-state index in [0.29, 0.717) is 50.0 Å². The first-order chi connectivity index (χ1) is 20.2. The molecule has 2 aromatic carbocycles. The molecule has 2 heterocycles. The molecule has 0 radical (unpaired) electrons. The average molecular weight is 596 g/mol. The van der Waals surface area contributed by atoms with E-state index in [9.17, 15) is 14.4 Å². The van der Waals surface area contributed by atoms with E-state index in [2.05, 4.69) is 27.7 Å². The molecule has 2 aromatic rings. The van der Waals surface area contributed by atoms with Crippen molar-refractivity contribution in [2.75, 3.05) is 56.0 Å². The molecule has 4 rings (SSSR count). The summed E-state index contributed by atoms with van der Waals surface area (Å²) in [6.45, 7) is 11.1. The molecule has 42 heavy (non-hydrogen) atoms. The fourth-order valence-electron chi connectivity index (χ4n) is 6.04. The van der Waals surface area contributed by atoms with E-state index in [-0.39, 0.29) is 23.8 Å². The highest BCUT2D eigenvalue weighted by atomic mass is 35.5. The number of carbonyl (C=O) groups is 3. The standard InChI is InChI=1S/C33H46ClN5O3/c1-4-35-33(42)36-29-9-7-26(8-10-29)22-27-12-18-37(19-13-27)16-5-17-39(30-11-6-24(2)31(34)23-30)32(41)28-14-20-38(21-15-28)25(3)40/h6-11,23,27-28H,4-5,12-22H2,1-3H3,(H2,35,36,42). The molecule has 0 bridgehead atoms. The van der Waals surface area contributed by atoms with Crippen molar-refractivity contribution in [3.8, 4) is 0 Å². The van der Waals surface area contributed by atoms with Crippen LogP contribution in [0.2, 0.25) is 5.02 Å². The summed E-state index contributed by atoms with van der Waals surface area (Å²) < 4.78 is 0. The summed E-state index contributed by atoms with van der Waals surface area (Å²) in [6.07, 6.45) is 5.67. The predicted molar refractivity (Wildman–Crippen MR) is 170 cm³/mol. The number of nitrogens with one attached hydrogen (secondary N) is 2. The smallest absolute Gasteiger partial charge is 0.319 e. The highest BCUT2D eigenvalue weighted by molar-refractivity contribution is 6.31. The van der Waals surface area contributed by atoms with Gasteiger partial charge in [-0.25, -0.2) is 4.79 Å². The van der Waals surface area contributed by atoms with Crippen molar-refractivity contribution in [1.29, 1.82) is 0 Å². The third kappa shape index (κ3) is 8.95. The Hall–Kier alpha value is -3.10. The molecule has 8 nitrogen and oxygen atoms in total. The average Bonchev–Trinajstić information content (AvgIpc) is 2.98. The van der Waals surface area contributed by atoms with Crippen LogP contribution in [0.5, 0.6) is 0 Å². The Morgan fingerprint density at radius 3 is 2.29 bits per heavy atom. The third-order valence-electron chi connectivity index (χ3n) is 8.66. The molecule has 0 unspecified atom stereocenters. The summed E-state index contributed by atoms with van der Waals surface area (Å²) in [5.74, 6) is 0.797. The van der Waals surface area contributed by atoms with Gasteiger partial charge in [-0.2, -0.15) is 0 Å². The lowest BCUT2D eigenvalue weighted by molar-refractivity contribution is -0.133. The topological polar surface area (TPSA) is 85.0 Å². The van der Waals surface area contributed by atoms with Gasteiger partial charge in [-0.15, -0.1) is 0 Å². The van der Waals surface area contributed by atoms with Gasteiger partial charge in [-0.3, -0.25) is 9.59 Å². The fourth-order valence-corrected chi connectivity index (χ4v) is 6.21. The monoisotopic (exact) mass is 595 g/mol. The van der Waals surface area contributed by atoms with Gasteiger partial charge >= 0.3 is 6.03 Å². The van der Waals surface area contributed by atoms with Crippen molar-refractivity contribution in [3.05, 3.63) is 58.6 Å². The van der Waals surface area contributed by atoms with Crippen molar-refractivity contribution in [1.82, 2.24) is 15.1 Å². The molecule has 0 aromatic heterocycles. The van der Waals surface area contributed by atoms with Crippen LogP contribution in [-0.4, -0.2) is 73.5 Å². The largest absolute Gasteiger partial charge is 0.343 e. The maximum atomic E-state index is 13.7. The molecule has 2 fully saturated rings. The van der Waals surface area contributed by atoms with Crippen LogP contribution in [0.1, 0.15) is 57.1 Å². The van der Waals surface area contributed by atoms with E-state index < -0.39 is 0 Å². The van der Waals surface area contributed by atoms with Crippen LogP contribution in [0.25, 0.3) is 0 Å². The number of aryl methyl sites for hydroxylation is 1. The van der Waals surface area contributed by atoms with E-state index in [4.69, 9.17) is 11.6 Å². The van der Waals surface area contributed by atoms with Gasteiger partial charge in [0.1, 0.15) is 0 Å². The predicted octanol–water partition coefficient (Wildman–Crippen LogP) is 5.73. The Bertz CT molecular complexity index is 1200. The van der Waals surface area contributed by atoms with Crippen molar-refractivity contribution in [2.24, 2.45) is 11.8 Å². The summed E-state index contributed by atoms with van der Waals surface area (Å²) in [5, 5.41) is 6.27. The molecule has 0 aliphatic carbocycles. The third-order valence-corrected chi connectivity index (χ3v) is 9.07. The Morgan fingerprint density at radius 2 is 1.67 bits per heavy atom. The van der Waals surface area contributed by atoms with Gasteiger partial charge in [-0.1, -0.05) is 29.8 Å². The second kappa shape index (κ2) is 15.4. The molecule has 2 aliphatic heterocycles. The van der Waals surface area contributed by atoms with Crippen LogP contribution >= 0.6 is 11.6 Å². The molecule has 2 N–H and O–H groups in total. The number of amides is 4. The maximum absolute atomic E-state index is 13.7. The van der Waals surface area contributed by atoms with Crippen LogP contribution in [0, 0.1) is 18.8 Å². The van der Waals surface area contributed by atoms with Crippen molar-refractivity contribution in [3.63, 3.8) is 0 Å². The molecule has 0 saturated carbocycles. The normalized spacial score (nSPS) is 16.7. The van der Waals surface area contributed by atoms with E-state index in [1.165, 1.54) is 5.56 Å². The summed E-state index contributed by atoms with van der Waals surface area (Å²) in [5.41, 5.74) is 3.96. The lowest BCUT2D eigenvalue weighted by Gasteiger charge is -2.35. The summed E-state index contributed by atoms with van der Waals surface area (Å²) in [4.78, 5) is 43.5. The number of anilines is 2. The number of halogens is 1. The highest BCUT2D eigenvalue weighted by Crippen LogP contribution is 2.28. The summed E-state index contributed by atoms with van der Waals surface area (Å²) in [7, 11) is 0. The van der Waals surface area contributed by atoms with Crippen LogP contribution < -0.4 is 15.5 Å². The first-order valence-corrected chi connectivity index (χ1v) is 15.8. The molecule has 9 heteroatoms. The Kier molecular flexibility index (Phi) is 11.7. The number of urea groups is 1. The molecule has 0 spiro atoms. The van der Waals surface area contributed by atoms with Crippen LogP contribution in [0.3, 0.4) is 0 Å². The summed E-state index contributed by atoms with van der Waals surface area (Å²) in [6, 6.07) is 13.9. The second-order valence-corrected chi connectivity index (χ2v) is 12.1. The number of hydrogen-bond donors (Lipinski definition) is 2. The highest BCUT2D eigenvalue weighted by Gasteiger charge is 2.30. The van der Waals surface area contributed by atoms with E-state index >= 15 is 0 Å². The van der Waals surface area contributed by atoms with Gasteiger partial charge in [0.25, 0.3) is 0 Å². The molecule has 4 amide bonds. The number of benzene rings is 2. The van der Waals surface area contributed by atoms with Crippen LogP contribution in [-0.2, 0) is 16.0 Å². The molecule has 2 saturated heterocycles. The second-order valence-electron chi connectivity index (χ2n) is 11.7. The zero-order valence-corrected chi connectivity index (χ0v) is 26.1. The SMILES string of the molecule is CCNC(=O)Nc1ccc(CC2CCN(CCCN(C(=O)C3CCN(C(C)=O)CC3)c3ccc(C)c(Cl)c3)CC2)cc1. The van der Waals surface area contributed by atoms with Gasteiger partial charge < -0.3 is 25.3 Å². The molecule has 228 valence electrons. The number of hydrogen-bond acceptors (Lipinski definition) is 4. The molecular weight excluding hydrogens is 550 g/mol. The minimum absolute atomic E-state index is 0.0743. The fraction of sp³-hybridized carbons (Fsp3) is 0.545. The zero-order valence-electron chi connectivity index (χ0n) is 25.3. The summed E-state index contributed by atoms with van der Waals surface area (Å²) >= 11 is 6.46. The molecule has 2 aliphatic rings. The lowest BCUT2D eigenvalue weighted by Crippen LogP contribution is -2.45. The first kappa shape index (κ1) is 31.8. The van der Waals surface area contributed by atoms with Crippen LogP contribution in [0.15, 0.2) is 42.5 Å². The molecular formula is C33H46ClN5O3. The molecule has 0 atom stereocenters. The van der Waals surface area contributed by atoms with Crippen molar-refractivity contribution < 1.29 is 14.4 Å².